The highest BCUT2D eigenvalue weighted by atomic mass is 15.1. The Morgan fingerprint density at radius 1 is 1.50 bits per heavy atom. The van der Waals surface area contributed by atoms with E-state index in [1.165, 1.54) is 0 Å². The Morgan fingerprint density at radius 2 is 2.21 bits per heavy atom. The summed E-state index contributed by atoms with van der Waals surface area (Å²) in [5.41, 5.74) is 6.23. The predicted octanol–water partition coefficient (Wildman–Crippen LogP) is 1.03. The molecule has 0 aromatic carbocycles. The van der Waals surface area contributed by atoms with E-state index in [0.29, 0.717) is 11.7 Å². The minimum atomic E-state index is 0.376. The van der Waals surface area contributed by atoms with Gasteiger partial charge in [0.2, 0.25) is 0 Å². The van der Waals surface area contributed by atoms with E-state index in [4.69, 9.17) is 5.73 Å². The third kappa shape index (κ3) is 3.62. The molecule has 1 heterocycles. The average molecular weight is 194 g/mol. The second-order valence-electron chi connectivity index (χ2n) is 3.78. The zero-order valence-electron chi connectivity index (χ0n) is 8.99. The van der Waals surface area contributed by atoms with Gasteiger partial charge in [-0.1, -0.05) is 0 Å². The first-order valence-electron chi connectivity index (χ1n) is 4.70. The third-order valence-corrected chi connectivity index (χ3v) is 1.82. The number of anilines is 2. The van der Waals surface area contributed by atoms with E-state index in [9.17, 15) is 0 Å². The fourth-order valence-electron chi connectivity index (χ4n) is 1.34. The molecule has 0 spiro atoms. The molecular formula is C10H18N4. The maximum atomic E-state index is 5.54. The van der Waals surface area contributed by atoms with E-state index in [0.717, 1.165) is 12.4 Å². The molecule has 1 aromatic heterocycles. The van der Waals surface area contributed by atoms with Crippen LogP contribution in [0.2, 0.25) is 0 Å². The molecule has 0 aliphatic carbocycles. The van der Waals surface area contributed by atoms with Crippen LogP contribution in [0.25, 0.3) is 0 Å². The van der Waals surface area contributed by atoms with Gasteiger partial charge in [-0.25, -0.2) is 4.98 Å². The number of nitrogens with zero attached hydrogens (tertiary/aromatic N) is 2. The van der Waals surface area contributed by atoms with Crippen molar-refractivity contribution in [3.63, 3.8) is 0 Å². The van der Waals surface area contributed by atoms with Gasteiger partial charge in [-0.2, -0.15) is 0 Å². The Hall–Kier alpha value is -1.29. The lowest BCUT2D eigenvalue weighted by molar-refractivity contribution is 0.392. The lowest BCUT2D eigenvalue weighted by Crippen LogP contribution is -2.29. The highest BCUT2D eigenvalue weighted by Crippen LogP contribution is 2.07. The molecule has 0 amide bonds. The molecule has 0 radical (unpaired) electrons. The molecule has 3 N–H and O–H groups in total. The molecule has 0 aliphatic rings. The van der Waals surface area contributed by atoms with Crippen molar-refractivity contribution in [3.8, 4) is 0 Å². The number of nitrogens with two attached hydrogens (primary N) is 1. The minimum absolute atomic E-state index is 0.376. The first-order chi connectivity index (χ1) is 6.58. The molecule has 4 heteroatoms. The Labute approximate surface area is 85.1 Å². The highest BCUT2D eigenvalue weighted by Gasteiger charge is 2.03. The fourth-order valence-corrected chi connectivity index (χ4v) is 1.34. The molecule has 1 atom stereocenters. The smallest absolute Gasteiger partial charge is 0.126 e. The van der Waals surface area contributed by atoms with Crippen LogP contribution in [0.4, 0.5) is 11.5 Å². The molecule has 1 unspecified atom stereocenters. The number of hydrogen-bond donors (Lipinski definition) is 2. The molecule has 0 fully saturated rings. The summed E-state index contributed by atoms with van der Waals surface area (Å²) in [6.45, 7) is 3.10. The van der Waals surface area contributed by atoms with Crippen LogP contribution < -0.4 is 11.1 Å². The predicted molar refractivity (Wildman–Crippen MR) is 60.3 cm³/mol. The Morgan fingerprint density at radius 3 is 2.71 bits per heavy atom. The number of aromatic nitrogens is 1. The van der Waals surface area contributed by atoms with Gasteiger partial charge in [-0.05, 0) is 33.2 Å². The monoisotopic (exact) mass is 194 g/mol. The molecular weight excluding hydrogens is 176 g/mol. The number of pyridine rings is 1. The number of nitrogen functional groups attached to an aromatic ring is 1. The average Bonchev–Trinajstić information content (AvgIpc) is 2.07. The summed E-state index contributed by atoms with van der Waals surface area (Å²) in [7, 11) is 4.10. The van der Waals surface area contributed by atoms with Gasteiger partial charge in [0, 0.05) is 12.6 Å². The van der Waals surface area contributed by atoms with Gasteiger partial charge in [-0.15, -0.1) is 0 Å². The summed E-state index contributed by atoms with van der Waals surface area (Å²) in [6, 6.07) is 4.11. The second-order valence-corrected chi connectivity index (χ2v) is 3.78. The molecule has 14 heavy (non-hydrogen) atoms. The van der Waals surface area contributed by atoms with Gasteiger partial charge in [0.25, 0.3) is 0 Å². The van der Waals surface area contributed by atoms with Crippen LogP contribution in [0.15, 0.2) is 18.3 Å². The number of likely N-dealkylation sites (N-methyl/N-ethyl adjacent to an activating group) is 1. The van der Waals surface area contributed by atoms with Gasteiger partial charge in [0.15, 0.2) is 0 Å². The van der Waals surface area contributed by atoms with E-state index < -0.39 is 0 Å². The van der Waals surface area contributed by atoms with Crippen LogP contribution in [-0.2, 0) is 0 Å². The Bertz CT molecular complexity index is 268. The van der Waals surface area contributed by atoms with Crippen LogP contribution in [0.1, 0.15) is 6.92 Å². The molecule has 0 bridgehead atoms. The molecule has 0 saturated carbocycles. The lowest BCUT2D eigenvalue weighted by atomic mass is 10.3. The highest BCUT2D eigenvalue weighted by molar-refractivity contribution is 5.44. The fraction of sp³-hybridized carbons (Fsp3) is 0.500. The van der Waals surface area contributed by atoms with Crippen molar-refractivity contribution in [3.05, 3.63) is 18.3 Å². The molecule has 78 valence electrons. The Kier molecular flexibility index (Phi) is 3.71. The molecule has 0 aliphatic heterocycles. The number of hydrogen-bond acceptors (Lipinski definition) is 4. The van der Waals surface area contributed by atoms with Gasteiger partial charge in [0.1, 0.15) is 5.82 Å². The zero-order valence-corrected chi connectivity index (χ0v) is 8.99. The van der Waals surface area contributed by atoms with Gasteiger partial charge < -0.3 is 16.0 Å². The topological polar surface area (TPSA) is 54.2 Å². The van der Waals surface area contributed by atoms with Gasteiger partial charge >= 0.3 is 0 Å². The first kappa shape index (κ1) is 10.8. The largest absolute Gasteiger partial charge is 0.397 e. The summed E-state index contributed by atoms with van der Waals surface area (Å²) >= 11 is 0. The summed E-state index contributed by atoms with van der Waals surface area (Å²) in [5, 5.41) is 3.29. The van der Waals surface area contributed by atoms with Crippen LogP contribution in [0.5, 0.6) is 0 Å². The van der Waals surface area contributed by atoms with Crippen molar-refractivity contribution in [1.82, 2.24) is 9.88 Å². The maximum absolute atomic E-state index is 5.54. The standard InChI is InChI=1S/C10H18N4/c1-8(7-14(2)3)13-10-5-4-9(11)6-12-10/h4-6,8H,7,11H2,1-3H3,(H,12,13). The molecule has 0 saturated heterocycles. The summed E-state index contributed by atoms with van der Waals surface area (Å²) < 4.78 is 0. The van der Waals surface area contributed by atoms with E-state index in [1.807, 2.05) is 12.1 Å². The first-order valence-corrected chi connectivity index (χ1v) is 4.70. The third-order valence-electron chi connectivity index (χ3n) is 1.82. The minimum Gasteiger partial charge on any atom is -0.397 e. The quantitative estimate of drug-likeness (QED) is 0.751. The van der Waals surface area contributed by atoms with Crippen LogP contribution in [0, 0.1) is 0 Å². The van der Waals surface area contributed by atoms with Gasteiger partial charge in [0.05, 0.1) is 11.9 Å². The summed E-state index contributed by atoms with van der Waals surface area (Å²) in [4.78, 5) is 6.30. The summed E-state index contributed by atoms with van der Waals surface area (Å²) in [6.07, 6.45) is 1.66. The second kappa shape index (κ2) is 4.81. The SMILES string of the molecule is CC(CN(C)C)Nc1ccc(N)cn1. The molecule has 1 aromatic rings. The van der Waals surface area contributed by atoms with Crippen molar-refractivity contribution < 1.29 is 0 Å². The van der Waals surface area contributed by atoms with Crippen LogP contribution in [0.3, 0.4) is 0 Å². The van der Waals surface area contributed by atoms with Crippen molar-refractivity contribution >= 4 is 11.5 Å². The zero-order chi connectivity index (χ0) is 10.6. The van der Waals surface area contributed by atoms with Crippen molar-refractivity contribution in [2.45, 2.75) is 13.0 Å². The summed E-state index contributed by atoms with van der Waals surface area (Å²) in [5.74, 6) is 0.869. The number of rotatable bonds is 4. The van der Waals surface area contributed by atoms with Gasteiger partial charge in [-0.3, -0.25) is 0 Å². The Balaban J connectivity index is 2.47. The van der Waals surface area contributed by atoms with Crippen molar-refractivity contribution in [2.75, 3.05) is 31.7 Å². The van der Waals surface area contributed by atoms with E-state index in [-0.39, 0.29) is 0 Å². The van der Waals surface area contributed by atoms with E-state index in [2.05, 4.69) is 36.2 Å². The van der Waals surface area contributed by atoms with Crippen LogP contribution in [-0.4, -0.2) is 36.6 Å². The van der Waals surface area contributed by atoms with E-state index >= 15 is 0 Å². The maximum Gasteiger partial charge on any atom is 0.126 e. The normalized spacial score (nSPS) is 12.9. The molecule has 4 nitrogen and oxygen atoms in total. The van der Waals surface area contributed by atoms with Crippen molar-refractivity contribution in [2.24, 2.45) is 0 Å². The number of nitrogens with one attached hydrogen (secondary N) is 1. The molecule has 1 rings (SSSR count). The van der Waals surface area contributed by atoms with Crippen molar-refractivity contribution in [1.29, 1.82) is 0 Å². The lowest BCUT2D eigenvalue weighted by Gasteiger charge is -2.18. The van der Waals surface area contributed by atoms with E-state index in [1.54, 1.807) is 6.20 Å². The van der Waals surface area contributed by atoms with Crippen LogP contribution >= 0.6 is 0 Å².